The van der Waals surface area contributed by atoms with Crippen molar-refractivity contribution in [1.82, 2.24) is 4.98 Å². The summed E-state index contributed by atoms with van der Waals surface area (Å²) in [4.78, 5) is 3.89. The van der Waals surface area contributed by atoms with Crippen LogP contribution in [0.15, 0.2) is 36.7 Å². The fourth-order valence-corrected chi connectivity index (χ4v) is 2.09. The fourth-order valence-electron chi connectivity index (χ4n) is 1.91. The van der Waals surface area contributed by atoms with Crippen LogP contribution in [-0.2, 0) is 13.0 Å². The molecule has 1 aromatic carbocycles. The van der Waals surface area contributed by atoms with Gasteiger partial charge >= 0.3 is 0 Å². The predicted molar refractivity (Wildman–Crippen MR) is 81.9 cm³/mol. The molecule has 0 saturated heterocycles. The van der Waals surface area contributed by atoms with Gasteiger partial charge in [-0.3, -0.25) is 4.98 Å². The lowest BCUT2D eigenvalue weighted by Gasteiger charge is -2.11. The molecule has 2 N–H and O–H groups in total. The molecule has 2 rings (SSSR count). The van der Waals surface area contributed by atoms with Crippen molar-refractivity contribution in [3.05, 3.63) is 58.6 Å². The fraction of sp³-hybridized carbons (Fsp3) is 0.312. The molecular formula is C16H18ClFN2O. The molecule has 0 amide bonds. The number of aromatic nitrogens is 1. The van der Waals surface area contributed by atoms with Crippen molar-refractivity contribution in [2.45, 2.75) is 32.4 Å². The van der Waals surface area contributed by atoms with E-state index in [1.807, 2.05) is 13.0 Å². The van der Waals surface area contributed by atoms with Gasteiger partial charge in [0.2, 0.25) is 0 Å². The molecule has 1 aromatic heterocycles. The maximum absolute atomic E-state index is 14.0. The predicted octanol–water partition coefficient (Wildman–Crippen LogP) is 3.73. The molecule has 1 unspecified atom stereocenters. The summed E-state index contributed by atoms with van der Waals surface area (Å²) >= 11 is 5.98. The summed E-state index contributed by atoms with van der Waals surface area (Å²) in [5.41, 5.74) is 7.51. The van der Waals surface area contributed by atoms with Gasteiger partial charge in [0.15, 0.2) is 11.6 Å². The first-order valence-electron chi connectivity index (χ1n) is 6.85. The van der Waals surface area contributed by atoms with Gasteiger partial charge in [0, 0.05) is 24.0 Å². The van der Waals surface area contributed by atoms with E-state index in [9.17, 15) is 4.39 Å². The van der Waals surface area contributed by atoms with Crippen molar-refractivity contribution >= 4 is 11.6 Å². The maximum atomic E-state index is 14.0. The van der Waals surface area contributed by atoms with Crippen LogP contribution in [0, 0.1) is 5.82 Å². The Balaban J connectivity index is 2.03. The topological polar surface area (TPSA) is 48.1 Å². The average Bonchev–Trinajstić information content (AvgIpc) is 2.48. The molecule has 0 aliphatic heterocycles. The highest BCUT2D eigenvalue weighted by Gasteiger charge is 2.08. The summed E-state index contributed by atoms with van der Waals surface area (Å²) in [7, 11) is 0. The Kier molecular flexibility index (Phi) is 5.53. The van der Waals surface area contributed by atoms with E-state index in [2.05, 4.69) is 4.98 Å². The zero-order valence-electron chi connectivity index (χ0n) is 11.9. The molecule has 0 bridgehead atoms. The van der Waals surface area contributed by atoms with Gasteiger partial charge in [0.05, 0.1) is 5.02 Å². The van der Waals surface area contributed by atoms with Gasteiger partial charge in [-0.2, -0.15) is 0 Å². The largest absolute Gasteiger partial charge is 0.486 e. The van der Waals surface area contributed by atoms with Crippen LogP contribution in [0.3, 0.4) is 0 Å². The van der Waals surface area contributed by atoms with Crippen molar-refractivity contribution in [1.29, 1.82) is 0 Å². The maximum Gasteiger partial charge on any atom is 0.165 e. The first kappa shape index (κ1) is 15.7. The summed E-state index contributed by atoms with van der Waals surface area (Å²) in [6.07, 6.45) is 4.67. The summed E-state index contributed by atoms with van der Waals surface area (Å²) in [6, 6.07) is 6.73. The SMILES string of the molecule is CCC(N)Cc1ccc(OCc2ccncc2Cl)c(F)c1. The highest BCUT2D eigenvalue weighted by molar-refractivity contribution is 6.31. The Bertz CT molecular complexity index is 607. The van der Waals surface area contributed by atoms with Crippen molar-refractivity contribution in [3.8, 4) is 5.75 Å². The molecule has 3 nitrogen and oxygen atoms in total. The molecule has 21 heavy (non-hydrogen) atoms. The molecule has 112 valence electrons. The molecule has 0 aliphatic rings. The smallest absolute Gasteiger partial charge is 0.165 e. The van der Waals surface area contributed by atoms with Crippen LogP contribution in [0.4, 0.5) is 4.39 Å². The normalized spacial score (nSPS) is 12.2. The van der Waals surface area contributed by atoms with Gasteiger partial charge in [-0.25, -0.2) is 4.39 Å². The number of nitrogens with two attached hydrogens (primary N) is 1. The van der Waals surface area contributed by atoms with E-state index in [1.54, 1.807) is 18.3 Å². The Hall–Kier alpha value is -1.65. The van der Waals surface area contributed by atoms with E-state index in [0.717, 1.165) is 17.5 Å². The molecule has 1 atom stereocenters. The van der Waals surface area contributed by atoms with Crippen LogP contribution in [0.5, 0.6) is 5.75 Å². The summed E-state index contributed by atoms with van der Waals surface area (Å²) in [6.45, 7) is 2.21. The lowest BCUT2D eigenvalue weighted by Crippen LogP contribution is -2.21. The van der Waals surface area contributed by atoms with Crippen LogP contribution in [0.2, 0.25) is 5.02 Å². The third-order valence-electron chi connectivity index (χ3n) is 3.26. The van der Waals surface area contributed by atoms with Crippen LogP contribution >= 0.6 is 11.6 Å². The minimum atomic E-state index is -0.388. The molecule has 0 saturated carbocycles. The molecule has 1 heterocycles. The molecule has 5 heteroatoms. The first-order chi connectivity index (χ1) is 10.1. The number of hydrogen-bond acceptors (Lipinski definition) is 3. The summed E-state index contributed by atoms with van der Waals surface area (Å²) < 4.78 is 19.5. The van der Waals surface area contributed by atoms with Crippen LogP contribution < -0.4 is 10.5 Å². The summed E-state index contributed by atoms with van der Waals surface area (Å²) in [5, 5.41) is 0.503. The highest BCUT2D eigenvalue weighted by atomic mass is 35.5. The van der Waals surface area contributed by atoms with Crippen LogP contribution in [0.1, 0.15) is 24.5 Å². The monoisotopic (exact) mass is 308 g/mol. The average molecular weight is 309 g/mol. The van der Waals surface area contributed by atoms with Crippen LogP contribution in [0.25, 0.3) is 0 Å². The van der Waals surface area contributed by atoms with E-state index in [-0.39, 0.29) is 24.2 Å². The Morgan fingerprint density at radius 2 is 2.19 bits per heavy atom. The molecule has 0 fully saturated rings. The minimum absolute atomic E-state index is 0.0480. The third kappa shape index (κ3) is 4.41. The third-order valence-corrected chi connectivity index (χ3v) is 3.60. The minimum Gasteiger partial charge on any atom is -0.486 e. The number of halogens is 2. The van der Waals surface area contributed by atoms with Crippen molar-refractivity contribution in [2.24, 2.45) is 5.73 Å². The van der Waals surface area contributed by atoms with E-state index >= 15 is 0 Å². The van der Waals surface area contributed by atoms with Gasteiger partial charge < -0.3 is 10.5 Å². The second kappa shape index (κ2) is 7.38. The number of rotatable bonds is 6. The zero-order chi connectivity index (χ0) is 15.2. The van der Waals surface area contributed by atoms with Gasteiger partial charge in [-0.15, -0.1) is 0 Å². The summed E-state index contributed by atoms with van der Waals surface area (Å²) in [5.74, 6) is -0.183. The van der Waals surface area contributed by atoms with E-state index in [4.69, 9.17) is 22.1 Å². The van der Waals surface area contributed by atoms with E-state index < -0.39 is 0 Å². The van der Waals surface area contributed by atoms with Gasteiger partial charge in [0.25, 0.3) is 0 Å². The lowest BCUT2D eigenvalue weighted by atomic mass is 10.0. The van der Waals surface area contributed by atoms with Crippen molar-refractivity contribution in [3.63, 3.8) is 0 Å². The van der Waals surface area contributed by atoms with Gasteiger partial charge in [-0.1, -0.05) is 24.6 Å². The number of ether oxygens (including phenoxy) is 1. The van der Waals surface area contributed by atoms with Crippen molar-refractivity contribution < 1.29 is 9.13 Å². The molecular weight excluding hydrogens is 291 g/mol. The number of nitrogens with zero attached hydrogens (tertiary/aromatic N) is 1. The second-order valence-corrected chi connectivity index (χ2v) is 5.30. The van der Waals surface area contributed by atoms with Crippen LogP contribution in [-0.4, -0.2) is 11.0 Å². The lowest BCUT2D eigenvalue weighted by molar-refractivity contribution is 0.290. The molecule has 0 spiro atoms. The highest BCUT2D eigenvalue weighted by Crippen LogP contribution is 2.22. The molecule has 0 aliphatic carbocycles. The number of hydrogen-bond donors (Lipinski definition) is 1. The molecule has 2 aromatic rings. The second-order valence-electron chi connectivity index (χ2n) is 4.89. The zero-order valence-corrected chi connectivity index (χ0v) is 12.6. The Labute approximate surface area is 128 Å². The molecule has 0 radical (unpaired) electrons. The standard InChI is InChI=1S/C16H18ClFN2O/c1-2-13(19)7-11-3-4-16(15(18)8-11)21-10-12-5-6-20-9-14(12)17/h3-6,8-9,13H,2,7,10,19H2,1H3. The van der Waals surface area contributed by atoms with E-state index in [1.165, 1.54) is 12.3 Å². The number of pyridine rings is 1. The number of benzene rings is 1. The first-order valence-corrected chi connectivity index (χ1v) is 7.23. The van der Waals surface area contributed by atoms with Gasteiger partial charge in [-0.05, 0) is 36.6 Å². The Morgan fingerprint density at radius 3 is 2.86 bits per heavy atom. The Morgan fingerprint density at radius 1 is 1.38 bits per heavy atom. The van der Waals surface area contributed by atoms with Gasteiger partial charge in [0.1, 0.15) is 6.61 Å². The quantitative estimate of drug-likeness (QED) is 0.884. The van der Waals surface area contributed by atoms with E-state index in [0.29, 0.717) is 11.4 Å². The van der Waals surface area contributed by atoms with Crippen molar-refractivity contribution in [2.75, 3.05) is 0 Å².